The minimum atomic E-state index is -1.46. The molecule has 0 atom stereocenters. The van der Waals surface area contributed by atoms with Gasteiger partial charge in [0.15, 0.2) is 0 Å². The zero-order valence-corrected chi connectivity index (χ0v) is 7.10. The molecule has 0 spiro atoms. The predicted molar refractivity (Wildman–Crippen MR) is 28.9 cm³/mol. The first-order valence-corrected chi connectivity index (χ1v) is 2.14. The summed E-state index contributed by atoms with van der Waals surface area (Å²) in [4.78, 5) is 3.59. The summed E-state index contributed by atoms with van der Waals surface area (Å²) in [6.07, 6.45) is 4.26. The maximum Gasteiger partial charge on any atom is 1.00 e. The van der Waals surface area contributed by atoms with Crippen LogP contribution in [0.1, 0.15) is 1.43 Å². The molecule has 6 heteroatoms. The van der Waals surface area contributed by atoms with Gasteiger partial charge in [-0.2, -0.15) is 0 Å². The second-order valence-electron chi connectivity index (χ2n) is 1.36. The third kappa shape index (κ3) is 2.51. The topological polar surface area (TPSA) is 58.3 Å². The first kappa shape index (κ1) is 9.19. The Bertz CT molecular complexity index is 160. The molecule has 0 aliphatic heterocycles. The molecule has 0 amide bonds. The maximum atomic E-state index is 8.39. The summed E-state index contributed by atoms with van der Waals surface area (Å²) in [7, 11) is -1.46. The molecule has 1 heterocycles. The van der Waals surface area contributed by atoms with E-state index in [0.717, 1.165) is 0 Å². The monoisotopic (exact) mass is 136 g/mol. The minimum absolute atomic E-state index is 0. The summed E-state index contributed by atoms with van der Waals surface area (Å²) >= 11 is 0. The molecule has 0 aromatic carbocycles. The van der Waals surface area contributed by atoms with Crippen molar-refractivity contribution in [1.29, 1.82) is 0 Å². The molecule has 0 saturated carbocycles. The van der Waals surface area contributed by atoms with Crippen LogP contribution in [0.5, 0.6) is 0 Å². The van der Waals surface area contributed by atoms with Gasteiger partial charge in [-0.1, -0.05) is 0 Å². The van der Waals surface area contributed by atoms with Crippen molar-refractivity contribution in [3.8, 4) is 0 Å². The van der Waals surface area contributed by atoms with Crippen molar-refractivity contribution in [2.45, 2.75) is 0 Å². The van der Waals surface area contributed by atoms with Gasteiger partial charge in [0, 0.05) is 12.4 Å². The number of imidazole rings is 1. The van der Waals surface area contributed by atoms with Gasteiger partial charge in [-0.15, -0.1) is 0 Å². The van der Waals surface area contributed by atoms with Crippen LogP contribution in [0.2, 0.25) is 0 Å². The van der Waals surface area contributed by atoms with Crippen LogP contribution in [0.15, 0.2) is 18.7 Å². The molecule has 9 heavy (non-hydrogen) atoms. The van der Waals surface area contributed by atoms with Crippen LogP contribution >= 0.6 is 0 Å². The number of hydrogen-bond donors (Lipinski definition) is 2. The first-order valence-electron chi connectivity index (χ1n) is 2.14. The second-order valence-corrected chi connectivity index (χ2v) is 1.36. The Hall–Kier alpha value is 0.195. The zero-order valence-electron chi connectivity index (χ0n) is 6.10. The van der Waals surface area contributed by atoms with E-state index in [9.17, 15) is 0 Å². The Labute approximate surface area is 76.5 Å². The first-order chi connectivity index (χ1) is 3.80. The Morgan fingerprint density at radius 3 is 2.44 bits per heavy atom. The molecule has 2 N–H and O–H groups in total. The van der Waals surface area contributed by atoms with Gasteiger partial charge in [-0.05, 0) is 0 Å². The van der Waals surface area contributed by atoms with Crippen LogP contribution in [-0.4, -0.2) is 26.8 Å². The van der Waals surface area contributed by atoms with Crippen molar-refractivity contribution < 1.29 is 41.0 Å². The maximum absolute atomic E-state index is 8.39. The van der Waals surface area contributed by atoms with Crippen molar-refractivity contribution in [3.63, 3.8) is 0 Å². The molecular formula is C3H6BN2NaO2. The molecular weight excluding hydrogens is 130 g/mol. The fourth-order valence-corrected chi connectivity index (χ4v) is 0.406. The summed E-state index contributed by atoms with van der Waals surface area (Å²) in [6, 6.07) is 0. The van der Waals surface area contributed by atoms with Crippen LogP contribution in [0, 0.1) is 0 Å². The van der Waals surface area contributed by atoms with Crippen LogP contribution in [0.3, 0.4) is 0 Å². The molecule has 0 aliphatic carbocycles. The van der Waals surface area contributed by atoms with Gasteiger partial charge in [-0.25, -0.2) is 4.98 Å². The van der Waals surface area contributed by atoms with E-state index in [-0.39, 0.29) is 31.0 Å². The van der Waals surface area contributed by atoms with Crippen molar-refractivity contribution in [2.75, 3.05) is 0 Å². The third-order valence-corrected chi connectivity index (χ3v) is 0.792. The van der Waals surface area contributed by atoms with Gasteiger partial charge >= 0.3 is 36.8 Å². The molecule has 0 saturated heterocycles. The van der Waals surface area contributed by atoms with E-state index in [1.165, 1.54) is 23.2 Å². The van der Waals surface area contributed by atoms with Crippen LogP contribution in [0.4, 0.5) is 0 Å². The average molecular weight is 136 g/mol. The van der Waals surface area contributed by atoms with Gasteiger partial charge < -0.3 is 16.0 Å². The van der Waals surface area contributed by atoms with E-state index in [1.54, 1.807) is 0 Å². The molecule has 44 valence electrons. The second kappa shape index (κ2) is 4.08. The third-order valence-electron chi connectivity index (χ3n) is 0.792. The Kier molecular flexibility index (Phi) is 4.17. The van der Waals surface area contributed by atoms with Gasteiger partial charge in [-0.3, -0.25) is 0 Å². The molecule has 0 unspecified atom stereocenters. The van der Waals surface area contributed by atoms with Crippen LogP contribution in [0.25, 0.3) is 0 Å². The van der Waals surface area contributed by atoms with E-state index >= 15 is 0 Å². The smallest absolute Gasteiger partial charge is 1.00 e. The zero-order chi connectivity index (χ0) is 5.98. The number of rotatable bonds is 1. The summed E-state index contributed by atoms with van der Waals surface area (Å²) in [6.45, 7) is 0. The Morgan fingerprint density at radius 1 is 1.56 bits per heavy atom. The molecule has 4 nitrogen and oxygen atoms in total. The summed E-state index contributed by atoms with van der Waals surface area (Å²) in [5.74, 6) is 0. The number of nitrogens with zero attached hydrogens (tertiary/aromatic N) is 2. The van der Waals surface area contributed by atoms with Crippen molar-refractivity contribution in [3.05, 3.63) is 18.7 Å². The van der Waals surface area contributed by atoms with E-state index in [4.69, 9.17) is 10.0 Å². The van der Waals surface area contributed by atoms with Crippen LogP contribution < -0.4 is 29.6 Å². The van der Waals surface area contributed by atoms with Gasteiger partial charge in [0.25, 0.3) is 0 Å². The molecule has 0 fully saturated rings. The van der Waals surface area contributed by atoms with Gasteiger partial charge in [0.2, 0.25) is 0 Å². The fraction of sp³-hybridized carbons (Fsp3) is 0. The summed E-state index contributed by atoms with van der Waals surface area (Å²) in [5.41, 5.74) is 0. The Balaban J connectivity index is 0. The molecule has 0 bridgehead atoms. The fourth-order valence-electron chi connectivity index (χ4n) is 0.406. The average Bonchev–Trinajstić information content (AvgIpc) is 2.12. The van der Waals surface area contributed by atoms with Gasteiger partial charge in [0.1, 0.15) is 0 Å². The van der Waals surface area contributed by atoms with E-state index < -0.39 is 7.25 Å². The number of aromatic nitrogens is 2. The molecule has 1 aromatic heterocycles. The van der Waals surface area contributed by atoms with Gasteiger partial charge in [0.05, 0.1) is 6.33 Å². The predicted octanol–water partition coefficient (Wildman–Crippen LogP) is -4.18. The summed E-state index contributed by atoms with van der Waals surface area (Å²) in [5, 5.41) is 16.8. The summed E-state index contributed by atoms with van der Waals surface area (Å²) < 4.78 is 1.17. The number of hydrogen-bond acceptors (Lipinski definition) is 3. The quantitative estimate of drug-likeness (QED) is 0.385. The molecule has 1 rings (SSSR count). The van der Waals surface area contributed by atoms with E-state index in [1.807, 2.05) is 0 Å². The van der Waals surface area contributed by atoms with E-state index in [2.05, 4.69) is 4.98 Å². The standard InChI is InChI=1S/C3H5BN2O2.Na.H/c7-4(8)6-2-1-5-3-6;;/h1-3,7-8H;;/q;+1;-1. The van der Waals surface area contributed by atoms with Crippen LogP contribution in [-0.2, 0) is 0 Å². The SMILES string of the molecule is OB(O)n1ccnc1.[H-].[Na+]. The van der Waals surface area contributed by atoms with Crippen molar-refractivity contribution >= 4 is 7.25 Å². The van der Waals surface area contributed by atoms with Crippen molar-refractivity contribution in [1.82, 2.24) is 9.46 Å². The molecule has 0 radical (unpaired) electrons. The van der Waals surface area contributed by atoms with Crippen molar-refractivity contribution in [2.24, 2.45) is 0 Å². The molecule has 1 aromatic rings. The van der Waals surface area contributed by atoms with E-state index in [0.29, 0.717) is 0 Å². The normalized spacial score (nSPS) is 8.22. The largest absolute Gasteiger partial charge is 1.00 e. The molecule has 0 aliphatic rings. The Morgan fingerprint density at radius 2 is 2.22 bits per heavy atom. The minimum Gasteiger partial charge on any atom is -1.00 e.